The molecule has 0 fully saturated rings. The monoisotopic (exact) mass is 301 g/mol. The summed E-state index contributed by atoms with van der Waals surface area (Å²) in [6.45, 7) is -0.583. The van der Waals surface area contributed by atoms with Crippen molar-refractivity contribution in [3.8, 4) is 17.0 Å². The van der Waals surface area contributed by atoms with Crippen LogP contribution in [0.15, 0.2) is 30.5 Å². The molecule has 112 valence electrons. The highest BCUT2D eigenvalue weighted by molar-refractivity contribution is 5.66. The highest BCUT2D eigenvalue weighted by atomic mass is 19.4. The van der Waals surface area contributed by atoms with Gasteiger partial charge in [-0.15, -0.1) is 0 Å². The van der Waals surface area contributed by atoms with E-state index in [4.69, 9.17) is 9.84 Å². The van der Waals surface area contributed by atoms with Gasteiger partial charge in [0.2, 0.25) is 5.88 Å². The molecule has 7 heteroatoms. The zero-order valence-corrected chi connectivity index (χ0v) is 10.9. The summed E-state index contributed by atoms with van der Waals surface area (Å²) < 4.78 is 57.1. The Hall–Kier alpha value is -2.15. The van der Waals surface area contributed by atoms with Crippen LogP contribution in [0.5, 0.6) is 5.88 Å². The van der Waals surface area contributed by atoms with Gasteiger partial charge in [-0.2, -0.15) is 13.2 Å². The van der Waals surface area contributed by atoms with E-state index in [-0.39, 0.29) is 22.6 Å². The van der Waals surface area contributed by atoms with E-state index >= 15 is 0 Å². The molecule has 2 rings (SSSR count). The third-order valence-electron chi connectivity index (χ3n) is 2.85. The molecule has 0 radical (unpaired) electrons. The Morgan fingerprint density at radius 2 is 1.90 bits per heavy atom. The Bertz CT molecular complexity index is 656. The number of aromatic nitrogens is 1. The highest BCUT2D eigenvalue weighted by Crippen LogP contribution is 2.34. The number of ether oxygens (including phenoxy) is 1. The number of hydrogen-bond donors (Lipinski definition) is 1. The molecular weight excluding hydrogens is 290 g/mol. The van der Waals surface area contributed by atoms with E-state index in [9.17, 15) is 17.6 Å². The second kappa shape index (κ2) is 5.69. The smallest absolute Gasteiger partial charge is 0.416 e. The molecule has 0 aliphatic rings. The molecule has 21 heavy (non-hydrogen) atoms. The summed E-state index contributed by atoms with van der Waals surface area (Å²) in [5, 5.41) is 9.07. The molecular formula is C14H11F4NO2. The van der Waals surface area contributed by atoms with Crippen LogP contribution in [0, 0.1) is 5.82 Å². The Labute approximate surface area is 117 Å². The number of benzene rings is 1. The second-order valence-corrected chi connectivity index (χ2v) is 4.28. The number of aliphatic hydroxyl groups is 1. The topological polar surface area (TPSA) is 42.4 Å². The van der Waals surface area contributed by atoms with Crippen molar-refractivity contribution < 1.29 is 27.4 Å². The lowest BCUT2D eigenvalue weighted by Crippen LogP contribution is -2.06. The Morgan fingerprint density at radius 1 is 1.19 bits per heavy atom. The molecule has 1 aromatic carbocycles. The van der Waals surface area contributed by atoms with Crippen LogP contribution < -0.4 is 4.74 Å². The van der Waals surface area contributed by atoms with E-state index in [1.807, 2.05) is 0 Å². The van der Waals surface area contributed by atoms with Crippen molar-refractivity contribution in [3.63, 3.8) is 0 Å². The van der Waals surface area contributed by atoms with Crippen LogP contribution in [0.3, 0.4) is 0 Å². The minimum atomic E-state index is -4.59. The van der Waals surface area contributed by atoms with Crippen molar-refractivity contribution in [3.05, 3.63) is 47.4 Å². The zero-order chi connectivity index (χ0) is 15.6. The van der Waals surface area contributed by atoms with Gasteiger partial charge in [-0.05, 0) is 29.3 Å². The molecule has 1 N–H and O–H groups in total. The lowest BCUT2D eigenvalue weighted by Gasteiger charge is -2.12. The molecule has 0 spiro atoms. The number of methoxy groups -OCH3 is 1. The molecule has 0 amide bonds. The van der Waals surface area contributed by atoms with Gasteiger partial charge in [0.1, 0.15) is 5.82 Å². The quantitative estimate of drug-likeness (QED) is 0.883. The van der Waals surface area contributed by atoms with Gasteiger partial charge < -0.3 is 9.84 Å². The molecule has 1 heterocycles. The minimum absolute atomic E-state index is 0.00734. The van der Waals surface area contributed by atoms with Gasteiger partial charge in [-0.1, -0.05) is 0 Å². The van der Waals surface area contributed by atoms with Gasteiger partial charge in [-0.25, -0.2) is 9.37 Å². The normalized spacial score (nSPS) is 11.5. The van der Waals surface area contributed by atoms with Gasteiger partial charge in [0, 0.05) is 11.6 Å². The molecule has 0 aliphatic heterocycles. The van der Waals surface area contributed by atoms with Gasteiger partial charge in [-0.3, -0.25) is 0 Å². The van der Waals surface area contributed by atoms with Crippen LogP contribution in [0.4, 0.5) is 17.6 Å². The maximum Gasteiger partial charge on any atom is 0.416 e. The lowest BCUT2D eigenvalue weighted by molar-refractivity contribution is -0.137. The molecule has 3 nitrogen and oxygen atoms in total. The number of alkyl halides is 3. The maximum atomic E-state index is 13.8. The van der Waals surface area contributed by atoms with Crippen molar-refractivity contribution in [1.82, 2.24) is 4.98 Å². The lowest BCUT2D eigenvalue weighted by atomic mass is 10.00. The van der Waals surface area contributed by atoms with Gasteiger partial charge in [0.05, 0.1) is 25.5 Å². The van der Waals surface area contributed by atoms with Crippen LogP contribution in [-0.4, -0.2) is 17.2 Å². The standard InChI is InChI=1S/C14H11F4NO2/c1-21-13-5-11(12(15)6-19-13)9-2-8(7-20)3-10(4-9)14(16,17)18/h2-6,20H,7H2,1H3. The van der Waals surface area contributed by atoms with Gasteiger partial charge >= 0.3 is 6.18 Å². The second-order valence-electron chi connectivity index (χ2n) is 4.28. The van der Waals surface area contributed by atoms with E-state index < -0.39 is 24.2 Å². The van der Waals surface area contributed by atoms with E-state index in [0.717, 1.165) is 18.3 Å². The molecule has 0 unspecified atom stereocenters. The minimum Gasteiger partial charge on any atom is -0.481 e. The summed E-state index contributed by atoms with van der Waals surface area (Å²) in [7, 11) is 1.31. The van der Waals surface area contributed by atoms with Gasteiger partial charge in [0.15, 0.2) is 0 Å². The fourth-order valence-corrected chi connectivity index (χ4v) is 1.85. The van der Waals surface area contributed by atoms with E-state index in [0.29, 0.717) is 0 Å². The number of rotatable bonds is 3. The van der Waals surface area contributed by atoms with Crippen molar-refractivity contribution in [2.45, 2.75) is 12.8 Å². The Morgan fingerprint density at radius 3 is 2.48 bits per heavy atom. The zero-order valence-electron chi connectivity index (χ0n) is 10.9. The summed E-state index contributed by atoms with van der Waals surface area (Å²) in [6.07, 6.45) is -3.72. The molecule has 1 aromatic heterocycles. The van der Waals surface area contributed by atoms with Crippen molar-refractivity contribution in [2.75, 3.05) is 7.11 Å². The Kier molecular flexibility index (Phi) is 4.13. The number of nitrogens with zero attached hydrogens (tertiary/aromatic N) is 1. The fourth-order valence-electron chi connectivity index (χ4n) is 1.85. The SMILES string of the molecule is COc1cc(-c2cc(CO)cc(C(F)(F)F)c2)c(F)cn1. The van der Waals surface area contributed by atoms with Crippen molar-refractivity contribution >= 4 is 0 Å². The number of hydrogen-bond acceptors (Lipinski definition) is 3. The Balaban J connectivity index is 2.63. The first kappa shape index (κ1) is 15.2. The van der Waals surface area contributed by atoms with Crippen LogP contribution in [-0.2, 0) is 12.8 Å². The maximum absolute atomic E-state index is 13.8. The third-order valence-corrected chi connectivity index (χ3v) is 2.85. The number of halogens is 4. The van der Waals surface area contributed by atoms with E-state index in [1.165, 1.54) is 19.2 Å². The molecule has 0 saturated heterocycles. The van der Waals surface area contributed by atoms with Gasteiger partial charge in [0.25, 0.3) is 0 Å². The molecule has 2 aromatic rings. The summed E-state index contributed by atoms with van der Waals surface area (Å²) in [5.74, 6) is -0.701. The van der Waals surface area contributed by atoms with Crippen LogP contribution >= 0.6 is 0 Å². The average Bonchev–Trinajstić information content (AvgIpc) is 2.46. The van der Waals surface area contributed by atoms with Crippen molar-refractivity contribution in [1.29, 1.82) is 0 Å². The molecule has 0 bridgehead atoms. The predicted molar refractivity (Wildman–Crippen MR) is 67.1 cm³/mol. The first-order chi connectivity index (χ1) is 9.85. The number of pyridine rings is 1. The van der Waals surface area contributed by atoms with Crippen molar-refractivity contribution in [2.24, 2.45) is 0 Å². The largest absolute Gasteiger partial charge is 0.481 e. The van der Waals surface area contributed by atoms with Crippen LogP contribution in [0.2, 0.25) is 0 Å². The third kappa shape index (κ3) is 3.30. The highest BCUT2D eigenvalue weighted by Gasteiger charge is 2.31. The number of aliphatic hydroxyl groups excluding tert-OH is 1. The first-order valence-corrected chi connectivity index (χ1v) is 5.87. The summed E-state index contributed by atoms with van der Waals surface area (Å²) >= 11 is 0. The molecule has 0 atom stereocenters. The fraction of sp³-hybridized carbons (Fsp3) is 0.214. The average molecular weight is 301 g/mol. The van der Waals surface area contributed by atoms with E-state index in [2.05, 4.69) is 4.98 Å². The molecule has 0 saturated carbocycles. The summed E-state index contributed by atoms with van der Waals surface area (Å²) in [5.41, 5.74) is -1.01. The van der Waals surface area contributed by atoms with Crippen LogP contribution in [0.25, 0.3) is 11.1 Å². The predicted octanol–water partition coefficient (Wildman–Crippen LogP) is 3.41. The van der Waals surface area contributed by atoms with Crippen LogP contribution in [0.1, 0.15) is 11.1 Å². The molecule has 0 aliphatic carbocycles. The summed E-state index contributed by atoms with van der Waals surface area (Å²) in [6, 6.07) is 4.12. The summed E-state index contributed by atoms with van der Waals surface area (Å²) in [4.78, 5) is 3.63. The van der Waals surface area contributed by atoms with E-state index in [1.54, 1.807) is 0 Å². The first-order valence-electron chi connectivity index (χ1n) is 5.87.